The van der Waals surface area contributed by atoms with Crippen molar-refractivity contribution in [3.05, 3.63) is 0 Å². The predicted octanol–water partition coefficient (Wildman–Crippen LogP) is 0.425. The van der Waals surface area contributed by atoms with Crippen LogP contribution in [-0.4, -0.2) is 34.0 Å². The molecule has 0 bridgehead atoms. The number of nitrogens with one attached hydrogen (secondary N) is 2. The number of hydrogen-bond donors (Lipinski definition) is 2. The predicted molar refractivity (Wildman–Crippen MR) is 50.0 cm³/mol. The van der Waals surface area contributed by atoms with Crippen molar-refractivity contribution in [2.24, 2.45) is 11.8 Å². The summed E-state index contributed by atoms with van der Waals surface area (Å²) in [5.74, 6) is 1.65. The third kappa shape index (κ3) is 2.73. The lowest BCUT2D eigenvalue weighted by atomic mass is 9.74. The summed E-state index contributed by atoms with van der Waals surface area (Å²) in [5.41, 5.74) is 0. The molecular weight excluding hydrogens is 152 g/mol. The minimum Gasteiger partial charge on any atom is -0.384 e. The highest BCUT2D eigenvalue weighted by atomic mass is 16.5. The maximum absolute atomic E-state index is 5.14. The maximum atomic E-state index is 5.14. The van der Waals surface area contributed by atoms with Gasteiger partial charge in [0.05, 0.1) is 0 Å². The number of methoxy groups -OCH3 is 1. The van der Waals surface area contributed by atoms with E-state index < -0.39 is 0 Å². The maximum Gasteiger partial charge on any atom is 0.0493 e. The zero-order chi connectivity index (χ0) is 8.81. The first-order chi connectivity index (χ1) is 5.88. The summed E-state index contributed by atoms with van der Waals surface area (Å²) in [4.78, 5) is 0. The third-order valence-corrected chi connectivity index (χ3v) is 2.66. The van der Waals surface area contributed by atoms with E-state index in [1.54, 1.807) is 7.11 Å². The van der Waals surface area contributed by atoms with Crippen LogP contribution in [0.15, 0.2) is 0 Å². The molecule has 2 N–H and O–H groups in total. The van der Waals surface area contributed by atoms with Gasteiger partial charge in [0.15, 0.2) is 0 Å². The average molecular weight is 172 g/mol. The van der Waals surface area contributed by atoms with Crippen LogP contribution in [-0.2, 0) is 4.74 Å². The monoisotopic (exact) mass is 172 g/mol. The van der Waals surface area contributed by atoms with E-state index in [9.17, 15) is 0 Å². The van der Waals surface area contributed by atoms with E-state index in [1.807, 2.05) is 7.05 Å². The molecule has 12 heavy (non-hydrogen) atoms. The van der Waals surface area contributed by atoms with E-state index in [-0.39, 0.29) is 0 Å². The standard InChI is InChI=1S/C9H20N2O/c1-10-7-11-5-8-3-4-9(8)6-12-2/h8-11H,3-7H2,1-2H3/t8-,9+/m1/s1. The topological polar surface area (TPSA) is 33.3 Å². The zero-order valence-corrected chi connectivity index (χ0v) is 8.10. The minimum atomic E-state index is 0.805. The van der Waals surface area contributed by atoms with Crippen molar-refractivity contribution in [2.45, 2.75) is 12.8 Å². The Balaban J connectivity index is 2.00. The molecule has 0 heterocycles. The number of hydrogen-bond acceptors (Lipinski definition) is 3. The summed E-state index contributed by atoms with van der Waals surface area (Å²) in [5, 5.41) is 6.43. The van der Waals surface area contributed by atoms with E-state index in [4.69, 9.17) is 4.74 Å². The Bertz CT molecular complexity index is 119. The highest BCUT2D eigenvalue weighted by Crippen LogP contribution is 2.33. The van der Waals surface area contributed by atoms with Crippen LogP contribution in [0.3, 0.4) is 0 Å². The van der Waals surface area contributed by atoms with Crippen LogP contribution in [0.4, 0.5) is 0 Å². The lowest BCUT2D eigenvalue weighted by Crippen LogP contribution is -2.39. The molecule has 0 radical (unpaired) electrons. The van der Waals surface area contributed by atoms with Gasteiger partial charge in [0, 0.05) is 20.4 Å². The molecule has 0 amide bonds. The molecule has 0 aromatic carbocycles. The van der Waals surface area contributed by atoms with Gasteiger partial charge in [-0.25, -0.2) is 0 Å². The van der Waals surface area contributed by atoms with Crippen LogP contribution < -0.4 is 10.6 Å². The molecule has 1 saturated carbocycles. The van der Waals surface area contributed by atoms with Crippen LogP contribution in [0.25, 0.3) is 0 Å². The molecule has 1 fully saturated rings. The summed E-state index contributed by atoms with van der Waals surface area (Å²) in [7, 11) is 3.75. The van der Waals surface area contributed by atoms with E-state index in [2.05, 4.69) is 10.6 Å². The SMILES string of the molecule is CNCNC[C@H]1CC[C@H]1COC. The molecule has 3 heteroatoms. The van der Waals surface area contributed by atoms with Gasteiger partial charge in [0.1, 0.15) is 0 Å². The van der Waals surface area contributed by atoms with Crippen LogP contribution >= 0.6 is 0 Å². The summed E-state index contributed by atoms with van der Waals surface area (Å²) in [6, 6.07) is 0. The van der Waals surface area contributed by atoms with Crippen LogP contribution in [0.2, 0.25) is 0 Å². The molecule has 0 aliphatic heterocycles. The fourth-order valence-corrected chi connectivity index (χ4v) is 1.72. The smallest absolute Gasteiger partial charge is 0.0493 e. The highest BCUT2D eigenvalue weighted by Gasteiger charge is 2.29. The second kappa shape index (κ2) is 5.51. The molecule has 0 spiro atoms. The Labute approximate surface area is 74.9 Å². The second-order valence-corrected chi connectivity index (χ2v) is 3.54. The highest BCUT2D eigenvalue weighted by molar-refractivity contribution is 4.81. The van der Waals surface area contributed by atoms with E-state index >= 15 is 0 Å². The summed E-state index contributed by atoms with van der Waals surface area (Å²) >= 11 is 0. The van der Waals surface area contributed by atoms with Gasteiger partial charge in [-0.15, -0.1) is 0 Å². The van der Waals surface area contributed by atoms with Crippen LogP contribution in [0.1, 0.15) is 12.8 Å². The Morgan fingerprint density at radius 3 is 2.58 bits per heavy atom. The Morgan fingerprint density at radius 2 is 2.08 bits per heavy atom. The average Bonchev–Trinajstić information content (AvgIpc) is 2.06. The third-order valence-electron chi connectivity index (χ3n) is 2.66. The molecule has 2 atom stereocenters. The van der Waals surface area contributed by atoms with Gasteiger partial charge >= 0.3 is 0 Å². The quantitative estimate of drug-likeness (QED) is 0.450. The molecule has 0 aromatic rings. The van der Waals surface area contributed by atoms with Crippen molar-refractivity contribution in [1.82, 2.24) is 10.6 Å². The molecule has 0 unspecified atom stereocenters. The fraction of sp³-hybridized carbons (Fsp3) is 1.00. The van der Waals surface area contributed by atoms with Gasteiger partial charge < -0.3 is 15.4 Å². The summed E-state index contributed by atoms with van der Waals surface area (Å²) in [6.07, 6.45) is 2.71. The van der Waals surface area contributed by atoms with Crippen LogP contribution in [0.5, 0.6) is 0 Å². The van der Waals surface area contributed by atoms with Gasteiger partial charge in [-0.05, 0) is 38.3 Å². The zero-order valence-electron chi connectivity index (χ0n) is 8.10. The largest absolute Gasteiger partial charge is 0.384 e. The normalized spacial score (nSPS) is 28.5. The van der Waals surface area contributed by atoms with Crippen molar-refractivity contribution in [2.75, 3.05) is 34.0 Å². The van der Waals surface area contributed by atoms with Crippen molar-refractivity contribution in [3.8, 4) is 0 Å². The van der Waals surface area contributed by atoms with Crippen molar-refractivity contribution in [1.29, 1.82) is 0 Å². The molecule has 3 nitrogen and oxygen atoms in total. The molecular formula is C9H20N2O. The minimum absolute atomic E-state index is 0.805. The molecule has 1 aliphatic carbocycles. The first kappa shape index (κ1) is 9.96. The van der Waals surface area contributed by atoms with Gasteiger partial charge in [-0.3, -0.25) is 0 Å². The van der Waals surface area contributed by atoms with Crippen LogP contribution in [0, 0.1) is 11.8 Å². The second-order valence-electron chi connectivity index (χ2n) is 3.54. The van der Waals surface area contributed by atoms with Crippen molar-refractivity contribution >= 4 is 0 Å². The van der Waals surface area contributed by atoms with E-state index in [0.717, 1.165) is 31.7 Å². The first-order valence-corrected chi connectivity index (χ1v) is 4.72. The van der Waals surface area contributed by atoms with Crippen molar-refractivity contribution < 1.29 is 4.74 Å². The van der Waals surface area contributed by atoms with Gasteiger partial charge in [-0.1, -0.05) is 0 Å². The molecule has 0 aromatic heterocycles. The Kier molecular flexibility index (Phi) is 4.58. The first-order valence-electron chi connectivity index (χ1n) is 4.72. The van der Waals surface area contributed by atoms with E-state index in [1.165, 1.54) is 12.8 Å². The number of rotatable bonds is 6. The van der Waals surface area contributed by atoms with E-state index in [0.29, 0.717) is 0 Å². The molecule has 1 aliphatic rings. The molecule has 1 rings (SSSR count). The lowest BCUT2D eigenvalue weighted by Gasteiger charge is -2.36. The van der Waals surface area contributed by atoms with Crippen molar-refractivity contribution in [3.63, 3.8) is 0 Å². The lowest BCUT2D eigenvalue weighted by molar-refractivity contribution is 0.0596. The van der Waals surface area contributed by atoms with Gasteiger partial charge in [-0.2, -0.15) is 0 Å². The fourth-order valence-electron chi connectivity index (χ4n) is 1.72. The van der Waals surface area contributed by atoms with Gasteiger partial charge in [0.2, 0.25) is 0 Å². The summed E-state index contributed by atoms with van der Waals surface area (Å²) in [6.45, 7) is 2.98. The Morgan fingerprint density at radius 1 is 1.33 bits per heavy atom. The molecule has 0 saturated heterocycles. The van der Waals surface area contributed by atoms with Gasteiger partial charge in [0.25, 0.3) is 0 Å². The summed E-state index contributed by atoms with van der Waals surface area (Å²) < 4.78 is 5.14. The Hall–Kier alpha value is -0.120. The molecule has 72 valence electrons. The number of ether oxygens (including phenoxy) is 1.